The Labute approximate surface area is 146 Å². The SMILES string of the molecule is CN(C)CCCNC(=O)CN1C(=O)c2cccc3cccc(c23)C1=O. The van der Waals surface area contributed by atoms with Gasteiger partial charge in [-0.2, -0.15) is 0 Å². The number of hydrogen-bond acceptors (Lipinski definition) is 4. The van der Waals surface area contributed by atoms with Crippen LogP contribution in [0.25, 0.3) is 10.8 Å². The van der Waals surface area contributed by atoms with E-state index in [2.05, 4.69) is 5.32 Å². The Morgan fingerprint density at radius 2 is 1.64 bits per heavy atom. The largest absolute Gasteiger partial charge is 0.354 e. The number of nitrogens with one attached hydrogen (secondary N) is 1. The summed E-state index contributed by atoms with van der Waals surface area (Å²) in [5, 5.41) is 4.28. The number of carbonyl (C=O) groups excluding carboxylic acids is 3. The highest BCUT2D eigenvalue weighted by Gasteiger charge is 2.33. The first kappa shape index (κ1) is 17.1. The molecule has 3 amide bonds. The molecular weight excluding hydrogens is 318 g/mol. The van der Waals surface area contributed by atoms with Crippen LogP contribution in [0.1, 0.15) is 27.1 Å². The topological polar surface area (TPSA) is 69.7 Å². The Balaban J connectivity index is 1.75. The van der Waals surface area contributed by atoms with Gasteiger partial charge in [0.15, 0.2) is 0 Å². The van der Waals surface area contributed by atoms with Gasteiger partial charge < -0.3 is 10.2 Å². The normalized spacial score (nSPS) is 13.6. The molecule has 2 aromatic rings. The summed E-state index contributed by atoms with van der Waals surface area (Å²) in [5.74, 6) is -1.16. The van der Waals surface area contributed by atoms with Crippen LogP contribution in [-0.4, -0.2) is 61.3 Å². The van der Waals surface area contributed by atoms with E-state index in [1.165, 1.54) is 0 Å². The van der Waals surface area contributed by atoms with Gasteiger partial charge in [0.1, 0.15) is 6.54 Å². The number of amides is 3. The monoisotopic (exact) mass is 339 g/mol. The lowest BCUT2D eigenvalue weighted by atomic mass is 9.94. The van der Waals surface area contributed by atoms with Gasteiger partial charge in [0.25, 0.3) is 11.8 Å². The van der Waals surface area contributed by atoms with E-state index in [0.717, 1.165) is 23.3 Å². The molecule has 0 bridgehead atoms. The van der Waals surface area contributed by atoms with Crippen molar-refractivity contribution >= 4 is 28.5 Å². The van der Waals surface area contributed by atoms with Crippen molar-refractivity contribution in [2.45, 2.75) is 6.42 Å². The highest BCUT2D eigenvalue weighted by atomic mass is 16.2. The maximum atomic E-state index is 12.7. The van der Waals surface area contributed by atoms with Crippen LogP contribution >= 0.6 is 0 Å². The second kappa shape index (κ2) is 7.03. The third-order valence-corrected chi connectivity index (χ3v) is 4.26. The number of carbonyl (C=O) groups is 3. The molecule has 2 aromatic carbocycles. The second-order valence-corrected chi connectivity index (χ2v) is 6.41. The quantitative estimate of drug-likeness (QED) is 0.640. The zero-order chi connectivity index (χ0) is 18.0. The van der Waals surface area contributed by atoms with Crippen molar-refractivity contribution in [1.29, 1.82) is 0 Å². The molecule has 0 saturated heterocycles. The van der Waals surface area contributed by atoms with Gasteiger partial charge >= 0.3 is 0 Å². The second-order valence-electron chi connectivity index (χ2n) is 6.41. The van der Waals surface area contributed by atoms with Gasteiger partial charge in [-0.25, -0.2) is 0 Å². The first-order chi connectivity index (χ1) is 12.0. The van der Waals surface area contributed by atoms with E-state index in [9.17, 15) is 14.4 Å². The predicted molar refractivity (Wildman–Crippen MR) is 95.5 cm³/mol. The summed E-state index contributed by atoms with van der Waals surface area (Å²) in [4.78, 5) is 40.6. The van der Waals surface area contributed by atoms with Gasteiger partial charge in [-0.05, 0) is 44.6 Å². The maximum Gasteiger partial charge on any atom is 0.261 e. The standard InChI is InChI=1S/C19H21N3O3/c1-21(2)11-5-10-20-16(23)12-22-18(24)14-8-3-6-13-7-4-9-15(17(13)14)19(22)25/h3-4,6-9H,5,10-12H2,1-2H3,(H,20,23). The number of nitrogens with zero attached hydrogens (tertiary/aromatic N) is 2. The van der Waals surface area contributed by atoms with E-state index < -0.39 is 11.8 Å². The Bertz CT molecular complexity index is 794. The summed E-state index contributed by atoms with van der Waals surface area (Å²) in [5.41, 5.74) is 0.932. The smallest absolute Gasteiger partial charge is 0.261 e. The van der Waals surface area contributed by atoms with Crippen molar-refractivity contribution in [3.63, 3.8) is 0 Å². The maximum absolute atomic E-state index is 12.7. The lowest BCUT2D eigenvalue weighted by molar-refractivity contribution is -0.121. The number of hydrogen-bond donors (Lipinski definition) is 1. The Morgan fingerprint density at radius 3 is 2.20 bits per heavy atom. The van der Waals surface area contributed by atoms with E-state index in [4.69, 9.17) is 0 Å². The van der Waals surface area contributed by atoms with E-state index in [1.807, 2.05) is 31.1 Å². The molecule has 6 heteroatoms. The summed E-state index contributed by atoms with van der Waals surface area (Å²) in [6, 6.07) is 10.7. The molecule has 0 atom stereocenters. The molecule has 130 valence electrons. The van der Waals surface area contributed by atoms with Crippen molar-refractivity contribution in [2.75, 3.05) is 33.7 Å². The van der Waals surface area contributed by atoms with E-state index in [-0.39, 0.29) is 12.5 Å². The molecule has 0 aromatic heterocycles. The van der Waals surface area contributed by atoms with Crippen LogP contribution < -0.4 is 5.32 Å². The molecule has 3 rings (SSSR count). The number of rotatable bonds is 6. The van der Waals surface area contributed by atoms with Crippen LogP contribution in [0, 0.1) is 0 Å². The molecule has 1 heterocycles. The van der Waals surface area contributed by atoms with Crippen molar-refractivity contribution in [3.05, 3.63) is 47.5 Å². The first-order valence-electron chi connectivity index (χ1n) is 8.28. The molecule has 1 N–H and O–H groups in total. The lowest BCUT2D eigenvalue weighted by Crippen LogP contribution is -2.46. The van der Waals surface area contributed by atoms with Crippen molar-refractivity contribution in [2.24, 2.45) is 0 Å². The molecular formula is C19H21N3O3. The molecule has 1 aliphatic heterocycles. The summed E-state index contributed by atoms with van der Waals surface area (Å²) in [6.45, 7) is 1.11. The Kier molecular flexibility index (Phi) is 4.81. The number of benzene rings is 2. The van der Waals surface area contributed by atoms with Crippen molar-refractivity contribution in [3.8, 4) is 0 Å². The van der Waals surface area contributed by atoms with Gasteiger partial charge in [-0.1, -0.05) is 24.3 Å². The minimum Gasteiger partial charge on any atom is -0.354 e. The summed E-state index contributed by atoms with van der Waals surface area (Å²) in [7, 11) is 3.93. The van der Waals surface area contributed by atoms with Gasteiger partial charge in [0.2, 0.25) is 5.91 Å². The molecule has 0 fully saturated rings. The van der Waals surface area contributed by atoms with Crippen LogP contribution in [0.15, 0.2) is 36.4 Å². The van der Waals surface area contributed by atoms with E-state index in [1.54, 1.807) is 24.3 Å². The Hall–Kier alpha value is -2.73. The van der Waals surface area contributed by atoms with Gasteiger partial charge in [-0.15, -0.1) is 0 Å². The molecule has 0 spiro atoms. The van der Waals surface area contributed by atoms with Gasteiger partial charge in [0, 0.05) is 23.1 Å². The summed E-state index contributed by atoms with van der Waals surface area (Å²) in [6.07, 6.45) is 0.808. The van der Waals surface area contributed by atoms with Crippen LogP contribution in [0.5, 0.6) is 0 Å². The highest BCUT2D eigenvalue weighted by molar-refractivity contribution is 6.26. The molecule has 0 aliphatic carbocycles. The van der Waals surface area contributed by atoms with Crippen LogP contribution in [0.3, 0.4) is 0 Å². The molecule has 6 nitrogen and oxygen atoms in total. The van der Waals surface area contributed by atoms with E-state index >= 15 is 0 Å². The highest BCUT2D eigenvalue weighted by Crippen LogP contribution is 2.29. The third kappa shape index (κ3) is 3.39. The summed E-state index contributed by atoms with van der Waals surface area (Å²) >= 11 is 0. The van der Waals surface area contributed by atoms with Crippen molar-refractivity contribution < 1.29 is 14.4 Å². The predicted octanol–water partition coefficient (Wildman–Crippen LogP) is 1.50. The fourth-order valence-corrected chi connectivity index (χ4v) is 3.05. The molecule has 25 heavy (non-hydrogen) atoms. The minimum absolute atomic E-state index is 0.260. The molecule has 1 aliphatic rings. The van der Waals surface area contributed by atoms with Crippen LogP contribution in [0.4, 0.5) is 0 Å². The van der Waals surface area contributed by atoms with E-state index in [0.29, 0.717) is 23.1 Å². The number of imide groups is 1. The third-order valence-electron chi connectivity index (χ3n) is 4.26. The molecule has 0 unspecified atom stereocenters. The minimum atomic E-state index is -0.419. The fraction of sp³-hybridized carbons (Fsp3) is 0.316. The average molecular weight is 339 g/mol. The first-order valence-corrected chi connectivity index (χ1v) is 8.28. The van der Waals surface area contributed by atoms with Gasteiger partial charge in [0.05, 0.1) is 0 Å². The van der Waals surface area contributed by atoms with Crippen molar-refractivity contribution in [1.82, 2.24) is 15.1 Å². The molecule has 0 radical (unpaired) electrons. The summed E-state index contributed by atoms with van der Waals surface area (Å²) < 4.78 is 0. The zero-order valence-corrected chi connectivity index (χ0v) is 14.4. The average Bonchev–Trinajstić information content (AvgIpc) is 2.60. The van der Waals surface area contributed by atoms with Crippen LogP contribution in [0.2, 0.25) is 0 Å². The Morgan fingerprint density at radius 1 is 1.04 bits per heavy atom. The zero-order valence-electron chi connectivity index (χ0n) is 14.4. The van der Waals surface area contributed by atoms with Crippen LogP contribution in [-0.2, 0) is 4.79 Å². The lowest BCUT2D eigenvalue weighted by Gasteiger charge is -2.26. The molecule has 0 saturated carbocycles. The fourth-order valence-electron chi connectivity index (χ4n) is 3.05. The van der Waals surface area contributed by atoms with Gasteiger partial charge in [-0.3, -0.25) is 19.3 Å².